The molecule has 17 heavy (non-hydrogen) atoms. The molecular formula is C11H11Br2ClN2S. The van der Waals surface area contributed by atoms with Gasteiger partial charge in [-0.3, -0.25) is 4.99 Å². The fourth-order valence-corrected chi connectivity index (χ4v) is 4.32. The van der Waals surface area contributed by atoms with E-state index >= 15 is 0 Å². The maximum atomic E-state index is 5.96. The molecule has 0 aromatic heterocycles. The minimum Gasteiger partial charge on any atom is -0.333 e. The summed E-state index contributed by atoms with van der Waals surface area (Å²) in [5, 5.41) is 4.95. The van der Waals surface area contributed by atoms with Crippen LogP contribution < -0.4 is 5.32 Å². The number of hydrogen-bond acceptors (Lipinski definition) is 3. The van der Waals surface area contributed by atoms with Gasteiger partial charge in [-0.05, 0) is 57.8 Å². The van der Waals surface area contributed by atoms with Crippen LogP contribution in [0.4, 0.5) is 5.69 Å². The zero-order chi connectivity index (χ0) is 12.6. The maximum Gasteiger partial charge on any atom is 0.161 e. The maximum absolute atomic E-state index is 5.96. The molecule has 6 heteroatoms. The van der Waals surface area contributed by atoms with Crippen molar-refractivity contribution in [3.63, 3.8) is 0 Å². The number of aliphatic imine (C=N–C) groups is 1. The van der Waals surface area contributed by atoms with Crippen LogP contribution in [0.2, 0.25) is 5.02 Å². The van der Waals surface area contributed by atoms with Gasteiger partial charge in [0.05, 0.1) is 11.2 Å². The third-order valence-electron chi connectivity index (χ3n) is 2.21. The molecule has 0 spiro atoms. The first-order valence-electron chi connectivity index (χ1n) is 5.02. The van der Waals surface area contributed by atoms with Gasteiger partial charge in [0.2, 0.25) is 0 Å². The van der Waals surface area contributed by atoms with Crippen molar-refractivity contribution in [1.82, 2.24) is 0 Å². The van der Waals surface area contributed by atoms with Crippen molar-refractivity contribution in [2.45, 2.75) is 19.4 Å². The Balaban J connectivity index is 2.26. The third-order valence-corrected chi connectivity index (χ3v) is 4.99. The Labute approximate surface area is 127 Å². The van der Waals surface area contributed by atoms with Gasteiger partial charge in [0.15, 0.2) is 5.17 Å². The van der Waals surface area contributed by atoms with Gasteiger partial charge >= 0.3 is 0 Å². The highest BCUT2D eigenvalue weighted by Gasteiger charge is 2.26. The topological polar surface area (TPSA) is 24.4 Å². The predicted molar refractivity (Wildman–Crippen MR) is 84.4 cm³/mol. The van der Waals surface area contributed by atoms with Gasteiger partial charge in [-0.25, -0.2) is 0 Å². The summed E-state index contributed by atoms with van der Waals surface area (Å²) in [6, 6.07) is 3.72. The van der Waals surface area contributed by atoms with Crippen molar-refractivity contribution < 1.29 is 0 Å². The minimum atomic E-state index is 0.0123. The van der Waals surface area contributed by atoms with E-state index in [0.29, 0.717) is 5.02 Å². The highest BCUT2D eigenvalue weighted by Crippen LogP contribution is 2.36. The molecule has 1 N–H and O–H groups in total. The van der Waals surface area contributed by atoms with E-state index in [4.69, 9.17) is 11.6 Å². The Bertz CT molecular complexity index is 465. The molecule has 1 aromatic rings. The van der Waals surface area contributed by atoms with Crippen LogP contribution in [0.25, 0.3) is 0 Å². The first-order chi connectivity index (χ1) is 7.87. The molecule has 0 saturated carbocycles. The second-order valence-corrected chi connectivity index (χ2v) is 7.50. The average Bonchev–Trinajstić information content (AvgIpc) is 2.52. The molecule has 1 aromatic carbocycles. The van der Waals surface area contributed by atoms with E-state index < -0.39 is 0 Å². The first-order valence-corrected chi connectivity index (χ1v) is 7.96. The number of rotatable bonds is 1. The van der Waals surface area contributed by atoms with Crippen molar-refractivity contribution in [2.24, 2.45) is 4.99 Å². The highest BCUT2D eigenvalue weighted by atomic mass is 79.9. The zero-order valence-corrected chi connectivity index (χ0v) is 14.1. The normalized spacial score (nSPS) is 18.1. The van der Waals surface area contributed by atoms with Gasteiger partial charge in [-0.15, -0.1) is 0 Å². The van der Waals surface area contributed by atoms with Crippen LogP contribution in [0.3, 0.4) is 0 Å². The van der Waals surface area contributed by atoms with Crippen LogP contribution in [-0.4, -0.2) is 16.5 Å². The van der Waals surface area contributed by atoms with E-state index in [1.807, 2.05) is 12.1 Å². The van der Waals surface area contributed by atoms with Crippen LogP contribution in [-0.2, 0) is 0 Å². The Morgan fingerprint density at radius 3 is 2.41 bits per heavy atom. The fourth-order valence-electron chi connectivity index (χ4n) is 1.42. The van der Waals surface area contributed by atoms with Crippen LogP contribution in [0.5, 0.6) is 0 Å². The van der Waals surface area contributed by atoms with E-state index in [2.05, 4.69) is 56.0 Å². The van der Waals surface area contributed by atoms with Crippen molar-refractivity contribution >= 4 is 66.1 Å². The SMILES string of the molecule is CC1(C)CSC(Nc2c(Br)cc(Cl)cc2Br)=N1. The number of halogens is 3. The molecule has 1 heterocycles. The van der Waals surface area contributed by atoms with E-state index in [9.17, 15) is 0 Å². The Kier molecular flexibility index (Phi) is 4.13. The van der Waals surface area contributed by atoms with Crippen LogP contribution in [0, 0.1) is 0 Å². The molecular weight excluding hydrogens is 387 g/mol. The molecule has 0 fully saturated rings. The predicted octanol–water partition coefficient (Wildman–Crippen LogP) is 5.16. The summed E-state index contributed by atoms with van der Waals surface area (Å²) in [7, 11) is 0. The number of amidine groups is 1. The van der Waals surface area contributed by atoms with E-state index in [0.717, 1.165) is 25.6 Å². The number of nitrogens with one attached hydrogen (secondary N) is 1. The quantitative estimate of drug-likeness (QED) is 0.707. The van der Waals surface area contributed by atoms with E-state index in [1.165, 1.54) is 0 Å². The van der Waals surface area contributed by atoms with Gasteiger partial charge in [0.25, 0.3) is 0 Å². The van der Waals surface area contributed by atoms with E-state index in [-0.39, 0.29) is 5.54 Å². The lowest BCUT2D eigenvalue weighted by Crippen LogP contribution is -2.15. The summed E-state index contributed by atoms with van der Waals surface area (Å²) in [6.07, 6.45) is 0. The minimum absolute atomic E-state index is 0.0123. The fraction of sp³-hybridized carbons (Fsp3) is 0.364. The number of anilines is 1. The monoisotopic (exact) mass is 396 g/mol. The number of nitrogens with zero attached hydrogens (tertiary/aromatic N) is 1. The standard InChI is InChI=1S/C11H11Br2ClN2S/c1-11(2)5-17-10(16-11)15-9-7(12)3-6(14)4-8(9)13/h3-4H,5H2,1-2H3,(H,15,16). The van der Waals surface area contributed by atoms with Gasteiger partial charge in [0, 0.05) is 19.7 Å². The van der Waals surface area contributed by atoms with Gasteiger partial charge in [0.1, 0.15) is 0 Å². The molecule has 1 aliphatic heterocycles. The largest absolute Gasteiger partial charge is 0.333 e. The zero-order valence-electron chi connectivity index (χ0n) is 9.35. The summed E-state index contributed by atoms with van der Waals surface area (Å²) in [4.78, 5) is 4.61. The number of hydrogen-bond donors (Lipinski definition) is 1. The lowest BCUT2D eigenvalue weighted by atomic mass is 10.1. The molecule has 2 nitrogen and oxygen atoms in total. The van der Waals surface area contributed by atoms with Crippen molar-refractivity contribution in [3.8, 4) is 0 Å². The molecule has 0 radical (unpaired) electrons. The summed E-state index contributed by atoms with van der Waals surface area (Å²) in [6.45, 7) is 4.25. The summed E-state index contributed by atoms with van der Waals surface area (Å²) < 4.78 is 1.84. The molecule has 0 unspecified atom stereocenters. The molecule has 1 aliphatic rings. The van der Waals surface area contributed by atoms with Crippen LogP contribution in [0.15, 0.2) is 26.1 Å². The second kappa shape index (κ2) is 5.11. The third kappa shape index (κ3) is 3.40. The van der Waals surface area contributed by atoms with Gasteiger partial charge in [-0.2, -0.15) is 0 Å². The van der Waals surface area contributed by atoms with Crippen LogP contribution in [0.1, 0.15) is 13.8 Å². The Morgan fingerprint density at radius 1 is 1.35 bits per heavy atom. The molecule has 92 valence electrons. The van der Waals surface area contributed by atoms with Crippen molar-refractivity contribution in [2.75, 3.05) is 11.1 Å². The number of benzene rings is 1. The van der Waals surface area contributed by atoms with Crippen molar-refractivity contribution in [1.29, 1.82) is 0 Å². The second-order valence-electron chi connectivity index (χ2n) is 4.39. The Morgan fingerprint density at radius 2 is 1.94 bits per heavy atom. The Hall–Kier alpha value is 0.290. The van der Waals surface area contributed by atoms with Gasteiger partial charge < -0.3 is 5.32 Å². The lowest BCUT2D eigenvalue weighted by Gasteiger charge is -2.11. The first kappa shape index (κ1) is 13.7. The smallest absolute Gasteiger partial charge is 0.161 e. The van der Waals surface area contributed by atoms with Gasteiger partial charge in [-0.1, -0.05) is 23.4 Å². The molecule has 0 saturated heterocycles. The van der Waals surface area contributed by atoms with Crippen LogP contribution >= 0.6 is 55.2 Å². The average molecular weight is 399 g/mol. The lowest BCUT2D eigenvalue weighted by molar-refractivity contribution is 0.605. The molecule has 2 rings (SSSR count). The molecule has 0 bridgehead atoms. The molecule has 0 aliphatic carbocycles. The summed E-state index contributed by atoms with van der Waals surface area (Å²) >= 11 is 14.7. The summed E-state index contributed by atoms with van der Waals surface area (Å²) in [5.74, 6) is 0.998. The summed E-state index contributed by atoms with van der Waals surface area (Å²) in [5.41, 5.74) is 0.969. The highest BCUT2D eigenvalue weighted by molar-refractivity contribution is 9.11. The van der Waals surface area contributed by atoms with Crippen molar-refractivity contribution in [3.05, 3.63) is 26.1 Å². The van der Waals surface area contributed by atoms with E-state index in [1.54, 1.807) is 11.8 Å². The molecule has 0 amide bonds. The molecule has 0 atom stereocenters. The number of thioether (sulfide) groups is 1.